The van der Waals surface area contributed by atoms with E-state index in [1.165, 1.54) is 6.07 Å². The highest BCUT2D eigenvalue weighted by Crippen LogP contribution is 2.35. The van der Waals surface area contributed by atoms with Crippen LogP contribution in [0, 0.1) is 5.92 Å². The lowest BCUT2D eigenvalue weighted by Crippen LogP contribution is -2.41. The lowest BCUT2D eigenvalue weighted by Gasteiger charge is -2.28. The number of para-hydroxylation sites is 1. The summed E-state index contributed by atoms with van der Waals surface area (Å²) in [5.74, 6) is -0.774. The van der Waals surface area contributed by atoms with Gasteiger partial charge in [-0.15, -0.1) is 5.10 Å². The number of carbonyl (C=O) groups excluding carboxylic acids is 2. The molecule has 3 aromatic rings. The molecule has 190 valence electrons. The molecule has 1 aromatic heterocycles. The third-order valence-electron chi connectivity index (χ3n) is 5.85. The molecule has 1 saturated heterocycles. The molecular weight excluding hydrogens is 497 g/mol. The Morgan fingerprint density at radius 2 is 1.92 bits per heavy atom. The summed E-state index contributed by atoms with van der Waals surface area (Å²) in [5.41, 5.74) is -0.0789. The average Bonchev–Trinajstić information content (AvgIpc) is 3.44. The van der Waals surface area contributed by atoms with Gasteiger partial charge in [-0.25, -0.2) is 4.68 Å². The Bertz CT molecular complexity index is 1280. The number of aromatic nitrogens is 2. The van der Waals surface area contributed by atoms with Crippen LogP contribution in [0.5, 0.6) is 0 Å². The van der Waals surface area contributed by atoms with E-state index < -0.39 is 17.7 Å². The van der Waals surface area contributed by atoms with E-state index in [-0.39, 0.29) is 37.2 Å². The first-order valence-electron chi connectivity index (χ1n) is 11.2. The van der Waals surface area contributed by atoms with Gasteiger partial charge in [-0.05, 0) is 49.7 Å². The zero-order chi connectivity index (χ0) is 26.1. The summed E-state index contributed by atoms with van der Waals surface area (Å²) in [6, 6.07) is 15.6. The van der Waals surface area contributed by atoms with Crippen LogP contribution in [-0.4, -0.2) is 39.9 Å². The maximum atomic E-state index is 13.2. The Morgan fingerprint density at radius 1 is 1.19 bits per heavy atom. The lowest BCUT2D eigenvalue weighted by molar-refractivity contribution is -0.267. The molecule has 36 heavy (non-hydrogen) atoms. The molecule has 2 aromatic carbocycles. The largest absolute Gasteiger partial charge is 0.416 e. The van der Waals surface area contributed by atoms with Crippen LogP contribution >= 0.6 is 11.6 Å². The van der Waals surface area contributed by atoms with Gasteiger partial charge in [-0.2, -0.15) is 13.2 Å². The van der Waals surface area contributed by atoms with Gasteiger partial charge in [0, 0.05) is 29.6 Å². The van der Waals surface area contributed by atoms with E-state index in [1.54, 1.807) is 22.9 Å². The van der Waals surface area contributed by atoms with E-state index in [0.29, 0.717) is 27.5 Å². The van der Waals surface area contributed by atoms with Crippen molar-refractivity contribution in [3.8, 4) is 16.9 Å². The Balaban J connectivity index is 1.67. The fraction of sp³-hybridized carbons (Fsp3) is 0.320. The highest BCUT2D eigenvalue weighted by Gasteiger charge is 2.48. The minimum Gasteiger partial charge on any atom is -0.361 e. The normalized spacial score (nSPS) is 16.2. The Kier molecular flexibility index (Phi) is 7.10. The van der Waals surface area contributed by atoms with Crippen molar-refractivity contribution in [3.05, 3.63) is 65.2 Å². The number of rotatable bonds is 7. The maximum Gasteiger partial charge on any atom is 0.416 e. The van der Waals surface area contributed by atoms with Gasteiger partial charge in [0.05, 0.1) is 23.9 Å². The van der Waals surface area contributed by atoms with Crippen molar-refractivity contribution < 1.29 is 27.5 Å². The van der Waals surface area contributed by atoms with Crippen molar-refractivity contribution >= 4 is 29.2 Å². The van der Waals surface area contributed by atoms with Crippen LogP contribution < -0.4 is 10.6 Å². The van der Waals surface area contributed by atoms with E-state index in [2.05, 4.69) is 15.7 Å². The molecule has 1 atom stereocenters. The molecule has 0 saturated carbocycles. The molecule has 4 rings (SSSR count). The molecule has 0 bridgehead atoms. The fourth-order valence-corrected chi connectivity index (χ4v) is 3.92. The van der Waals surface area contributed by atoms with E-state index in [0.717, 1.165) is 13.8 Å². The second-order valence-corrected chi connectivity index (χ2v) is 9.44. The van der Waals surface area contributed by atoms with Gasteiger partial charge in [0.25, 0.3) is 0 Å². The van der Waals surface area contributed by atoms with E-state index in [1.807, 2.05) is 30.3 Å². The van der Waals surface area contributed by atoms with Crippen molar-refractivity contribution in [3.63, 3.8) is 0 Å². The lowest BCUT2D eigenvalue weighted by atomic mass is 10.1. The van der Waals surface area contributed by atoms with Crippen molar-refractivity contribution in [2.24, 2.45) is 5.92 Å². The third-order valence-corrected chi connectivity index (χ3v) is 6.06. The van der Waals surface area contributed by atoms with E-state index >= 15 is 0 Å². The summed E-state index contributed by atoms with van der Waals surface area (Å²) in [4.78, 5) is 24.1. The quantitative estimate of drug-likeness (QED) is 0.452. The topological polar surface area (TPSA) is 85.2 Å². The number of carbonyl (C=O) groups is 2. The van der Waals surface area contributed by atoms with Crippen molar-refractivity contribution in [2.75, 3.05) is 11.9 Å². The minimum atomic E-state index is -4.53. The highest BCUT2D eigenvalue weighted by molar-refractivity contribution is 6.31. The molecule has 0 radical (unpaired) electrons. The molecule has 1 aliphatic heterocycles. The maximum absolute atomic E-state index is 13.2. The van der Waals surface area contributed by atoms with Gasteiger partial charge in [-0.3, -0.25) is 9.59 Å². The second kappa shape index (κ2) is 9.94. The van der Waals surface area contributed by atoms with Crippen LogP contribution in [0.1, 0.15) is 25.8 Å². The predicted molar refractivity (Wildman–Crippen MR) is 129 cm³/mol. The van der Waals surface area contributed by atoms with Crippen LogP contribution in [0.3, 0.4) is 0 Å². The second-order valence-electron chi connectivity index (χ2n) is 9.00. The third kappa shape index (κ3) is 5.71. The molecule has 0 unspecified atom stereocenters. The SMILES string of the molecule is CC(C)(OCc1cc(Cl)cc(-c2cc(NC(=O)[C@H]3CNC(=O)C3)nn2-c2ccccc2)c1)C(F)(F)F. The van der Waals surface area contributed by atoms with Crippen molar-refractivity contribution in [1.82, 2.24) is 15.1 Å². The zero-order valence-electron chi connectivity index (χ0n) is 19.5. The zero-order valence-corrected chi connectivity index (χ0v) is 20.3. The molecule has 0 spiro atoms. The van der Waals surface area contributed by atoms with Gasteiger partial charge in [0.15, 0.2) is 11.4 Å². The van der Waals surface area contributed by atoms with Crippen molar-refractivity contribution in [2.45, 2.75) is 38.7 Å². The fourth-order valence-electron chi connectivity index (χ4n) is 3.66. The summed E-state index contributed by atoms with van der Waals surface area (Å²) in [5, 5.41) is 10.2. The summed E-state index contributed by atoms with van der Waals surface area (Å²) in [6.07, 6.45) is -4.43. The molecule has 2 amide bonds. The summed E-state index contributed by atoms with van der Waals surface area (Å²) < 4.78 is 46.4. The molecule has 1 fully saturated rings. The molecule has 7 nitrogen and oxygen atoms in total. The standard InChI is InChI=1S/C25H24ClF3N4O3/c1-24(2,25(27,28)29)36-14-15-8-16(10-18(26)9-15)20-12-21(31-23(35)17-11-22(34)30-13-17)32-33(20)19-6-4-3-5-7-19/h3-10,12,17H,11,13-14H2,1-2H3,(H,30,34)(H,31,32,35)/t17-/m1/s1. The van der Waals surface area contributed by atoms with E-state index in [4.69, 9.17) is 16.3 Å². The molecule has 0 aliphatic carbocycles. The Hall–Kier alpha value is -3.37. The summed E-state index contributed by atoms with van der Waals surface area (Å²) in [7, 11) is 0. The van der Waals surface area contributed by atoms with Gasteiger partial charge >= 0.3 is 6.18 Å². The van der Waals surface area contributed by atoms with Crippen LogP contribution in [-0.2, 0) is 20.9 Å². The smallest absolute Gasteiger partial charge is 0.361 e. The number of amides is 2. The highest BCUT2D eigenvalue weighted by atomic mass is 35.5. The van der Waals surface area contributed by atoms with Gasteiger partial charge in [0.2, 0.25) is 11.8 Å². The molecule has 11 heteroatoms. The van der Waals surface area contributed by atoms with Gasteiger partial charge < -0.3 is 15.4 Å². The number of hydrogen-bond acceptors (Lipinski definition) is 4. The van der Waals surface area contributed by atoms with Gasteiger partial charge in [-0.1, -0.05) is 29.8 Å². The molecular formula is C25H24ClF3N4O3. The van der Waals surface area contributed by atoms with E-state index in [9.17, 15) is 22.8 Å². The monoisotopic (exact) mass is 520 g/mol. The number of alkyl halides is 3. The number of ether oxygens (including phenoxy) is 1. The van der Waals surface area contributed by atoms with Crippen LogP contribution in [0.15, 0.2) is 54.6 Å². The van der Waals surface area contributed by atoms with Crippen molar-refractivity contribution in [1.29, 1.82) is 0 Å². The predicted octanol–water partition coefficient (Wildman–Crippen LogP) is 5.12. The first-order valence-corrected chi connectivity index (χ1v) is 11.5. The first-order chi connectivity index (χ1) is 16.9. The number of benzene rings is 2. The number of halogens is 4. The number of nitrogens with zero attached hydrogens (tertiary/aromatic N) is 2. The Morgan fingerprint density at radius 3 is 2.56 bits per heavy atom. The minimum absolute atomic E-state index is 0.101. The van der Waals surface area contributed by atoms with Gasteiger partial charge in [0.1, 0.15) is 0 Å². The average molecular weight is 521 g/mol. The van der Waals surface area contributed by atoms with Crippen LogP contribution in [0.4, 0.5) is 19.0 Å². The molecule has 1 aliphatic rings. The first kappa shape index (κ1) is 25.7. The molecule has 2 heterocycles. The number of anilines is 1. The molecule has 2 N–H and O–H groups in total. The Labute approximate surface area is 210 Å². The van der Waals surface area contributed by atoms with Crippen LogP contribution in [0.2, 0.25) is 5.02 Å². The number of hydrogen-bond donors (Lipinski definition) is 2. The number of nitrogens with one attached hydrogen (secondary N) is 2. The summed E-state index contributed by atoms with van der Waals surface area (Å²) >= 11 is 6.31. The van der Waals surface area contributed by atoms with Crippen LogP contribution in [0.25, 0.3) is 16.9 Å². The summed E-state index contributed by atoms with van der Waals surface area (Å²) in [6.45, 7) is 1.87.